The van der Waals surface area contributed by atoms with E-state index in [-0.39, 0.29) is 29.3 Å². The maximum Gasteiger partial charge on any atom is 0.320 e. The summed E-state index contributed by atoms with van der Waals surface area (Å²) in [7, 11) is -2.69. The average Bonchev–Trinajstić information content (AvgIpc) is 3.05. The first-order valence-electron chi connectivity index (χ1n) is 7.60. The van der Waals surface area contributed by atoms with Gasteiger partial charge in [0.2, 0.25) is 15.9 Å². The summed E-state index contributed by atoms with van der Waals surface area (Å²) in [6.07, 6.45) is 2.36. The Bertz CT molecular complexity index is 705. The van der Waals surface area contributed by atoms with Crippen molar-refractivity contribution in [3.63, 3.8) is 0 Å². The second-order valence-electron chi connectivity index (χ2n) is 5.47. The van der Waals surface area contributed by atoms with Gasteiger partial charge < -0.3 is 15.4 Å². The van der Waals surface area contributed by atoms with Crippen LogP contribution in [-0.2, 0) is 24.3 Å². The number of amides is 1. The van der Waals surface area contributed by atoms with Crippen LogP contribution in [-0.4, -0.2) is 46.5 Å². The molecule has 1 amide bonds. The highest BCUT2D eigenvalue weighted by atomic mass is 35.5. The van der Waals surface area contributed by atoms with Crippen LogP contribution in [0.2, 0.25) is 0 Å². The molecular formula is C15H22ClN3O5S. The van der Waals surface area contributed by atoms with Gasteiger partial charge in [0.15, 0.2) is 0 Å². The number of ether oxygens (including phenoxy) is 1. The molecular weight excluding hydrogens is 370 g/mol. The van der Waals surface area contributed by atoms with E-state index in [1.807, 2.05) is 0 Å². The minimum Gasteiger partial charge on any atom is -0.468 e. The minimum atomic E-state index is -3.86. The molecule has 1 aromatic carbocycles. The molecule has 0 radical (unpaired) electrons. The highest BCUT2D eigenvalue weighted by molar-refractivity contribution is 7.89. The summed E-state index contributed by atoms with van der Waals surface area (Å²) in [4.78, 5) is 23.0. The van der Waals surface area contributed by atoms with Gasteiger partial charge in [-0.1, -0.05) is 6.07 Å². The zero-order valence-corrected chi connectivity index (χ0v) is 15.4. The van der Waals surface area contributed by atoms with E-state index in [2.05, 4.69) is 20.1 Å². The van der Waals surface area contributed by atoms with Crippen molar-refractivity contribution < 1.29 is 22.7 Å². The normalized spacial score (nSPS) is 16.8. The van der Waals surface area contributed by atoms with Crippen molar-refractivity contribution >= 4 is 40.0 Å². The molecule has 0 aromatic heterocycles. The van der Waals surface area contributed by atoms with Gasteiger partial charge in [-0.15, -0.1) is 12.4 Å². The fraction of sp³-hybridized carbons (Fsp3) is 0.467. The third-order valence-corrected chi connectivity index (χ3v) is 5.06. The standard InChI is InChI=1S/C15H21N3O5S.ClH/c1-23-15(20)10-17-24(21,22)13-6-2-4-12(8-13)18-14(19)9-11-5-3-7-16-11;/h2,4,6,8,11,16-17H,3,5,7,9-10H2,1H3,(H,18,19);1H. The third-order valence-electron chi connectivity index (χ3n) is 3.66. The monoisotopic (exact) mass is 391 g/mol. The Kier molecular flexibility index (Phi) is 8.30. The molecule has 1 aliphatic heterocycles. The number of benzene rings is 1. The number of methoxy groups -OCH3 is 1. The topological polar surface area (TPSA) is 114 Å². The van der Waals surface area contributed by atoms with Gasteiger partial charge in [-0.2, -0.15) is 4.72 Å². The first-order chi connectivity index (χ1) is 11.4. The first kappa shape index (κ1) is 21.4. The third kappa shape index (κ3) is 6.62. The van der Waals surface area contributed by atoms with E-state index in [0.29, 0.717) is 12.1 Å². The van der Waals surface area contributed by atoms with E-state index < -0.39 is 22.5 Å². The predicted octanol–water partition coefficient (Wildman–Crippen LogP) is 0.640. The maximum absolute atomic E-state index is 12.1. The molecule has 1 saturated heterocycles. The summed E-state index contributed by atoms with van der Waals surface area (Å²) in [6, 6.07) is 6.03. The Hall–Kier alpha value is -1.68. The predicted molar refractivity (Wildman–Crippen MR) is 95.2 cm³/mol. The van der Waals surface area contributed by atoms with Crippen LogP contribution in [0.25, 0.3) is 0 Å². The lowest BCUT2D eigenvalue weighted by molar-refractivity contribution is -0.139. The smallest absolute Gasteiger partial charge is 0.320 e. The Labute approximate surface area is 153 Å². The number of hydrogen-bond donors (Lipinski definition) is 3. The Balaban J connectivity index is 0.00000312. The Morgan fingerprint density at radius 3 is 2.76 bits per heavy atom. The van der Waals surface area contributed by atoms with Crippen LogP contribution in [0, 0.1) is 0 Å². The van der Waals surface area contributed by atoms with Gasteiger partial charge in [0.25, 0.3) is 0 Å². The number of sulfonamides is 1. The van der Waals surface area contributed by atoms with Crippen molar-refractivity contribution in [3.05, 3.63) is 24.3 Å². The number of carbonyl (C=O) groups excluding carboxylic acids is 2. The van der Waals surface area contributed by atoms with Crippen LogP contribution < -0.4 is 15.4 Å². The first-order valence-corrected chi connectivity index (χ1v) is 9.09. The molecule has 10 heteroatoms. The van der Waals surface area contributed by atoms with Crippen molar-refractivity contribution in [2.45, 2.75) is 30.2 Å². The second-order valence-corrected chi connectivity index (χ2v) is 7.24. The molecule has 0 spiro atoms. The average molecular weight is 392 g/mol. The van der Waals surface area contributed by atoms with Crippen molar-refractivity contribution in [1.29, 1.82) is 0 Å². The van der Waals surface area contributed by atoms with Crippen LogP contribution >= 0.6 is 12.4 Å². The van der Waals surface area contributed by atoms with Crippen LogP contribution in [0.15, 0.2) is 29.2 Å². The molecule has 0 aliphatic carbocycles. The number of nitrogens with one attached hydrogen (secondary N) is 3. The molecule has 1 heterocycles. The van der Waals surface area contributed by atoms with Gasteiger partial charge in [-0.3, -0.25) is 9.59 Å². The lowest BCUT2D eigenvalue weighted by Crippen LogP contribution is -2.30. The molecule has 25 heavy (non-hydrogen) atoms. The number of anilines is 1. The van der Waals surface area contributed by atoms with E-state index in [4.69, 9.17) is 0 Å². The zero-order chi connectivity index (χ0) is 17.6. The summed E-state index contributed by atoms with van der Waals surface area (Å²) in [6.45, 7) is 0.459. The SMILES string of the molecule is COC(=O)CNS(=O)(=O)c1cccc(NC(=O)CC2CCCN2)c1.Cl. The highest BCUT2D eigenvalue weighted by Gasteiger charge is 2.19. The van der Waals surface area contributed by atoms with Gasteiger partial charge in [-0.25, -0.2) is 8.42 Å². The molecule has 1 unspecified atom stereocenters. The minimum absolute atomic E-state index is 0. The Morgan fingerprint density at radius 2 is 2.12 bits per heavy atom. The Morgan fingerprint density at radius 1 is 1.36 bits per heavy atom. The molecule has 1 fully saturated rings. The van der Waals surface area contributed by atoms with Gasteiger partial charge in [0.05, 0.1) is 12.0 Å². The van der Waals surface area contributed by atoms with Crippen LogP contribution in [0.1, 0.15) is 19.3 Å². The van der Waals surface area contributed by atoms with Gasteiger partial charge in [0, 0.05) is 18.2 Å². The molecule has 1 aromatic rings. The lowest BCUT2D eigenvalue weighted by atomic mass is 10.1. The molecule has 0 bridgehead atoms. The summed E-state index contributed by atoms with van der Waals surface area (Å²) < 4.78 is 30.8. The van der Waals surface area contributed by atoms with Gasteiger partial charge in [0.1, 0.15) is 6.54 Å². The van der Waals surface area contributed by atoms with E-state index in [9.17, 15) is 18.0 Å². The molecule has 3 N–H and O–H groups in total. The maximum atomic E-state index is 12.1. The number of carbonyl (C=O) groups is 2. The lowest BCUT2D eigenvalue weighted by Gasteiger charge is -2.11. The van der Waals surface area contributed by atoms with Crippen LogP contribution in [0.4, 0.5) is 5.69 Å². The van der Waals surface area contributed by atoms with Crippen LogP contribution in [0.5, 0.6) is 0 Å². The van der Waals surface area contributed by atoms with Crippen molar-refractivity contribution in [2.24, 2.45) is 0 Å². The molecule has 140 valence electrons. The largest absolute Gasteiger partial charge is 0.468 e. The second kappa shape index (κ2) is 9.71. The van der Waals surface area contributed by atoms with Crippen LogP contribution in [0.3, 0.4) is 0 Å². The number of esters is 1. The summed E-state index contributed by atoms with van der Waals surface area (Å²) in [5, 5.41) is 5.93. The number of rotatable bonds is 7. The molecule has 2 rings (SSSR count). The van der Waals surface area contributed by atoms with E-state index in [1.165, 1.54) is 25.3 Å². The van der Waals surface area contributed by atoms with Gasteiger partial charge >= 0.3 is 5.97 Å². The molecule has 8 nitrogen and oxygen atoms in total. The fourth-order valence-corrected chi connectivity index (χ4v) is 3.43. The highest BCUT2D eigenvalue weighted by Crippen LogP contribution is 2.16. The summed E-state index contributed by atoms with van der Waals surface area (Å²) in [5.41, 5.74) is 0.388. The zero-order valence-electron chi connectivity index (χ0n) is 13.8. The van der Waals surface area contributed by atoms with Crippen molar-refractivity contribution in [3.8, 4) is 0 Å². The van der Waals surface area contributed by atoms with E-state index in [1.54, 1.807) is 6.07 Å². The van der Waals surface area contributed by atoms with Gasteiger partial charge in [-0.05, 0) is 37.6 Å². The number of hydrogen-bond acceptors (Lipinski definition) is 6. The van der Waals surface area contributed by atoms with Crippen molar-refractivity contribution in [1.82, 2.24) is 10.0 Å². The number of halogens is 1. The van der Waals surface area contributed by atoms with E-state index >= 15 is 0 Å². The fourth-order valence-electron chi connectivity index (χ4n) is 2.42. The molecule has 1 aliphatic rings. The van der Waals surface area contributed by atoms with E-state index in [0.717, 1.165) is 19.4 Å². The molecule has 1 atom stereocenters. The molecule has 0 saturated carbocycles. The van der Waals surface area contributed by atoms with Crippen molar-refractivity contribution in [2.75, 3.05) is 25.5 Å². The quantitative estimate of drug-likeness (QED) is 0.588. The summed E-state index contributed by atoms with van der Waals surface area (Å²) in [5.74, 6) is -0.862. The summed E-state index contributed by atoms with van der Waals surface area (Å²) >= 11 is 0.